The SMILES string of the molecule is CCOP(=O)(OCC)C1=C(C)CC(C)(C)C=C1O. The first-order chi connectivity index (χ1) is 8.25. The summed E-state index contributed by atoms with van der Waals surface area (Å²) in [5.74, 6) is 0.0222. The Morgan fingerprint density at radius 1 is 1.33 bits per heavy atom. The van der Waals surface area contributed by atoms with Crippen molar-refractivity contribution < 1.29 is 18.7 Å². The number of allylic oxidation sites excluding steroid dienone is 3. The van der Waals surface area contributed by atoms with Crippen molar-refractivity contribution in [2.45, 2.75) is 41.0 Å². The van der Waals surface area contributed by atoms with Gasteiger partial charge in [0.05, 0.1) is 13.2 Å². The predicted octanol–water partition coefficient (Wildman–Crippen LogP) is 4.40. The minimum atomic E-state index is -3.40. The molecule has 0 amide bonds. The van der Waals surface area contributed by atoms with Gasteiger partial charge in [-0.25, -0.2) is 0 Å². The van der Waals surface area contributed by atoms with Crippen LogP contribution < -0.4 is 0 Å². The first kappa shape index (κ1) is 15.5. The lowest BCUT2D eigenvalue weighted by Gasteiger charge is -2.30. The van der Waals surface area contributed by atoms with Gasteiger partial charge in [-0.3, -0.25) is 4.57 Å². The van der Waals surface area contributed by atoms with Gasteiger partial charge in [0.15, 0.2) is 0 Å². The highest BCUT2D eigenvalue weighted by molar-refractivity contribution is 7.58. The Labute approximate surface area is 109 Å². The highest BCUT2D eigenvalue weighted by atomic mass is 31.2. The molecule has 1 rings (SSSR count). The van der Waals surface area contributed by atoms with Crippen molar-refractivity contribution in [1.82, 2.24) is 0 Å². The molecule has 4 nitrogen and oxygen atoms in total. The molecule has 0 saturated heterocycles. The van der Waals surface area contributed by atoms with Crippen molar-refractivity contribution >= 4 is 7.60 Å². The summed E-state index contributed by atoms with van der Waals surface area (Å²) in [6, 6.07) is 0. The molecule has 5 heteroatoms. The Hall–Kier alpha value is -0.570. The third kappa shape index (κ3) is 3.25. The molecular formula is C13H23O4P. The summed E-state index contributed by atoms with van der Waals surface area (Å²) in [5, 5.41) is 10.5. The summed E-state index contributed by atoms with van der Waals surface area (Å²) in [6.45, 7) is 10.00. The quantitative estimate of drug-likeness (QED) is 0.755. The molecule has 0 aromatic heterocycles. The Morgan fingerprint density at radius 2 is 1.83 bits per heavy atom. The van der Waals surface area contributed by atoms with Gasteiger partial charge in [0.1, 0.15) is 11.1 Å². The summed E-state index contributed by atoms with van der Waals surface area (Å²) in [6.07, 6.45) is 2.45. The van der Waals surface area contributed by atoms with Gasteiger partial charge in [-0.2, -0.15) is 0 Å². The van der Waals surface area contributed by atoms with Gasteiger partial charge in [-0.05, 0) is 38.7 Å². The highest BCUT2D eigenvalue weighted by Gasteiger charge is 2.38. The molecule has 0 atom stereocenters. The van der Waals surface area contributed by atoms with E-state index in [1.807, 2.05) is 20.8 Å². The van der Waals surface area contributed by atoms with Gasteiger partial charge in [0, 0.05) is 0 Å². The first-order valence-corrected chi connectivity index (χ1v) is 7.81. The van der Waals surface area contributed by atoms with Crippen molar-refractivity contribution in [3.8, 4) is 0 Å². The molecule has 1 aliphatic carbocycles. The molecule has 0 saturated carbocycles. The minimum Gasteiger partial charge on any atom is -0.507 e. The number of rotatable bonds is 5. The zero-order chi connectivity index (χ0) is 14.0. The highest BCUT2D eigenvalue weighted by Crippen LogP contribution is 2.61. The number of aliphatic hydroxyl groups is 1. The van der Waals surface area contributed by atoms with Crippen molar-refractivity contribution in [3.63, 3.8) is 0 Å². The molecule has 0 heterocycles. The van der Waals surface area contributed by atoms with Crippen LogP contribution in [0, 0.1) is 5.41 Å². The van der Waals surface area contributed by atoms with Crippen LogP contribution in [-0.2, 0) is 13.6 Å². The molecular weight excluding hydrogens is 251 g/mol. The van der Waals surface area contributed by atoms with E-state index < -0.39 is 7.60 Å². The van der Waals surface area contributed by atoms with Gasteiger partial charge in [-0.15, -0.1) is 0 Å². The summed E-state index contributed by atoms with van der Waals surface area (Å²) in [5.41, 5.74) is 0.728. The van der Waals surface area contributed by atoms with Gasteiger partial charge in [-0.1, -0.05) is 19.4 Å². The van der Waals surface area contributed by atoms with E-state index in [4.69, 9.17) is 9.05 Å². The number of aliphatic hydroxyl groups excluding tert-OH is 1. The van der Waals surface area contributed by atoms with E-state index in [-0.39, 0.29) is 24.4 Å². The molecule has 0 aliphatic heterocycles. The topological polar surface area (TPSA) is 55.8 Å². The van der Waals surface area contributed by atoms with Crippen molar-refractivity contribution in [2.24, 2.45) is 5.41 Å². The average molecular weight is 274 g/mol. The van der Waals surface area contributed by atoms with E-state index in [0.29, 0.717) is 5.31 Å². The standard InChI is InChI=1S/C13H23O4P/c1-6-16-18(15,17-7-2)12-10(3)8-13(4,5)9-11(12)14/h9,14H,6-8H2,1-5H3. The Kier molecular flexibility index (Phi) is 4.82. The zero-order valence-corrected chi connectivity index (χ0v) is 12.7. The average Bonchev–Trinajstić information content (AvgIpc) is 2.13. The third-order valence-electron chi connectivity index (χ3n) is 2.77. The van der Waals surface area contributed by atoms with Crippen LogP contribution in [0.5, 0.6) is 0 Å². The van der Waals surface area contributed by atoms with Crippen LogP contribution in [0.1, 0.15) is 41.0 Å². The second-order valence-corrected chi connectivity index (χ2v) is 7.12. The molecule has 0 spiro atoms. The monoisotopic (exact) mass is 274 g/mol. The van der Waals surface area contributed by atoms with E-state index in [2.05, 4.69) is 0 Å². The Morgan fingerprint density at radius 3 is 2.22 bits per heavy atom. The van der Waals surface area contributed by atoms with Crippen molar-refractivity contribution in [3.05, 3.63) is 22.7 Å². The molecule has 104 valence electrons. The van der Waals surface area contributed by atoms with Crippen molar-refractivity contribution in [1.29, 1.82) is 0 Å². The first-order valence-electron chi connectivity index (χ1n) is 6.27. The zero-order valence-electron chi connectivity index (χ0n) is 11.8. The second-order valence-electron chi connectivity index (χ2n) is 5.16. The predicted molar refractivity (Wildman–Crippen MR) is 72.7 cm³/mol. The van der Waals surface area contributed by atoms with Gasteiger partial charge >= 0.3 is 7.60 Å². The number of hydrogen-bond acceptors (Lipinski definition) is 4. The van der Waals surface area contributed by atoms with Crippen LogP contribution in [0.4, 0.5) is 0 Å². The minimum absolute atomic E-state index is 0.0222. The van der Waals surface area contributed by atoms with E-state index in [1.165, 1.54) is 0 Å². The Bertz CT molecular complexity index is 411. The van der Waals surface area contributed by atoms with Crippen LogP contribution >= 0.6 is 7.60 Å². The smallest absolute Gasteiger partial charge is 0.364 e. The maximum absolute atomic E-state index is 12.7. The molecule has 0 fully saturated rings. The maximum Gasteiger partial charge on any atom is 0.364 e. The molecule has 0 unspecified atom stereocenters. The van der Waals surface area contributed by atoms with Crippen LogP contribution in [0.25, 0.3) is 0 Å². The summed E-state index contributed by atoms with van der Waals surface area (Å²) in [7, 11) is -3.40. The third-order valence-corrected chi connectivity index (χ3v) is 5.12. The Balaban J connectivity index is 3.21. The van der Waals surface area contributed by atoms with E-state index >= 15 is 0 Å². The number of hydrogen-bond donors (Lipinski definition) is 1. The molecule has 18 heavy (non-hydrogen) atoms. The fraction of sp³-hybridized carbons (Fsp3) is 0.692. The van der Waals surface area contributed by atoms with Gasteiger partial charge in [0.25, 0.3) is 0 Å². The van der Waals surface area contributed by atoms with Crippen LogP contribution in [0.3, 0.4) is 0 Å². The molecule has 1 aliphatic rings. The summed E-state index contributed by atoms with van der Waals surface area (Å²) in [4.78, 5) is 0. The van der Waals surface area contributed by atoms with Crippen LogP contribution in [-0.4, -0.2) is 18.3 Å². The lowest BCUT2D eigenvalue weighted by atomic mass is 9.82. The summed E-state index contributed by atoms with van der Waals surface area (Å²) >= 11 is 0. The largest absolute Gasteiger partial charge is 0.507 e. The van der Waals surface area contributed by atoms with E-state index in [9.17, 15) is 9.67 Å². The maximum atomic E-state index is 12.7. The van der Waals surface area contributed by atoms with E-state index in [0.717, 1.165) is 12.0 Å². The normalized spacial score (nSPS) is 19.9. The van der Waals surface area contributed by atoms with Crippen LogP contribution in [0.2, 0.25) is 0 Å². The lowest BCUT2D eigenvalue weighted by molar-refractivity contribution is 0.223. The molecule has 0 bridgehead atoms. The molecule has 1 N–H and O–H groups in total. The molecule has 0 aromatic rings. The summed E-state index contributed by atoms with van der Waals surface area (Å²) < 4.78 is 23.3. The fourth-order valence-corrected chi connectivity index (χ4v) is 4.26. The van der Waals surface area contributed by atoms with Crippen molar-refractivity contribution in [2.75, 3.05) is 13.2 Å². The van der Waals surface area contributed by atoms with Gasteiger partial charge < -0.3 is 14.2 Å². The molecule has 0 radical (unpaired) electrons. The second kappa shape index (κ2) is 5.60. The fourth-order valence-electron chi connectivity index (χ4n) is 2.36. The lowest BCUT2D eigenvalue weighted by Crippen LogP contribution is -2.17. The van der Waals surface area contributed by atoms with Crippen LogP contribution in [0.15, 0.2) is 22.7 Å². The van der Waals surface area contributed by atoms with Gasteiger partial charge in [0.2, 0.25) is 0 Å². The van der Waals surface area contributed by atoms with E-state index in [1.54, 1.807) is 19.9 Å². The molecule has 0 aromatic carbocycles.